The molecule has 0 aromatic carbocycles. The molecule has 1 aliphatic rings. The Hall–Kier alpha value is -0.520. The van der Waals surface area contributed by atoms with Crippen LogP contribution in [0.3, 0.4) is 0 Å². The van der Waals surface area contributed by atoms with Gasteiger partial charge in [-0.2, -0.15) is 16.9 Å². The standard InChI is InChI=1S/C12H22N4S/c1-9-8-17-5-4-16(9)12(6-13)11-7-14-15(3)10(11)2/h7,9,12H,4-6,8,13H2,1-3H3. The zero-order chi connectivity index (χ0) is 12.4. The van der Waals surface area contributed by atoms with Crippen molar-refractivity contribution in [2.45, 2.75) is 25.9 Å². The van der Waals surface area contributed by atoms with Gasteiger partial charge in [-0.3, -0.25) is 9.58 Å². The van der Waals surface area contributed by atoms with Crippen molar-refractivity contribution in [3.8, 4) is 0 Å². The van der Waals surface area contributed by atoms with Gasteiger partial charge in [-0.25, -0.2) is 0 Å². The average molecular weight is 254 g/mol. The smallest absolute Gasteiger partial charge is 0.0540 e. The number of aryl methyl sites for hydroxylation is 1. The maximum atomic E-state index is 5.99. The van der Waals surface area contributed by atoms with E-state index >= 15 is 0 Å². The van der Waals surface area contributed by atoms with Crippen LogP contribution in [-0.2, 0) is 7.05 Å². The second kappa shape index (κ2) is 5.42. The highest BCUT2D eigenvalue weighted by Gasteiger charge is 2.28. The number of hydrogen-bond acceptors (Lipinski definition) is 4. The molecule has 1 saturated heterocycles. The maximum absolute atomic E-state index is 5.99. The molecule has 2 unspecified atom stereocenters. The molecule has 5 heteroatoms. The van der Waals surface area contributed by atoms with E-state index < -0.39 is 0 Å². The van der Waals surface area contributed by atoms with E-state index in [0.29, 0.717) is 18.6 Å². The van der Waals surface area contributed by atoms with Gasteiger partial charge in [0.1, 0.15) is 0 Å². The SMILES string of the molecule is Cc1c(C(CN)N2CCSCC2C)cnn1C. The van der Waals surface area contributed by atoms with E-state index in [1.807, 2.05) is 29.7 Å². The van der Waals surface area contributed by atoms with Crippen molar-refractivity contribution in [3.05, 3.63) is 17.5 Å². The lowest BCUT2D eigenvalue weighted by atomic mass is 10.0. The summed E-state index contributed by atoms with van der Waals surface area (Å²) in [5, 5.41) is 4.33. The Bertz CT molecular complexity index is 377. The summed E-state index contributed by atoms with van der Waals surface area (Å²) in [7, 11) is 1.99. The Balaban J connectivity index is 2.23. The molecule has 1 fully saturated rings. The summed E-state index contributed by atoms with van der Waals surface area (Å²) >= 11 is 2.04. The van der Waals surface area contributed by atoms with Gasteiger partial charge in [-0.15, -0.1) is 0 Å². The third-order valence-corrected chi connectivity index (χ3v) is 4.86. The van der Waals surface area contributed by atoms with Crippen LogP contribution in [0.1, 0.15) is 24.2 Å². The second-order valence-corrected chi connectivity index (χ2v) is 5.87. The van der Waals surface area contributed by atoms with Crippen LogP contribution in [-0.4, -0.2) is 45.3 Å². The quantitative estimate of drug-likeness (QED) is 0.879. The fraction of sp³-hybridized carbons (Fsp3) is 0.750. The Kier molecular flexibility index (Phi) is 4.12. The summed E-state index contributed by atoms with van der Waals surface area (Å²) in [6.07, 6.45) is 1.97. The Labute approximate surface area is 108 Å². The lowest BCUT2D eigenvalue weighted by molar-refractivity contribution is 0.165. The zero-order valence-electron chi connectivity index (χ0n) is 10.9. The fourth-order valence-electron chi connectivity index (χ4n) is 2.49. The van der Waals surface area contributed by atoms with Crippen LogP contribution in [0, 0.1) is 6.92 Å². The molecule has 2 rings (SSSR count). The number of nitrogens with two attached hydrogens (primary N) is 1. The van der Waals surface area contributed by atoms with Crippen LogP contribution in [0.2, 0.25) is 0 Å². The molecule has 0 radical (unpaired) electrons. The molecule has 1 aromatic rings. The molecule has 0 amide bonds. The molecule has 0 spiro atoms. The summed E-state index contributed by atoms with van der Waals surface area (Å²) in [4.78, 5) is 2.53. The molecule has 1 aromatic heterocycles. The van der Waals surface area contributed by atoms with E-state index in [4.69, 9.17) is 5.73 Å². The molecule has 96 valence electrons. The van der Waals surface area contributed by atoms with Crippen molar-refractivity contribution in [3.63, 3.8) is 0 Å². The third kappa shape index (κ3) is 2.51. The number of hydrogen-bond donors (Lipinski definition) is 1. The average Bonchev–Trinajstić information content (AvgIpc) is 2.65. The van der Waals surface area contributed by atoms with Crippen molar-refractivity contribution in [1.82, 2.24) is 14.7 Å². The van der Waals surface area contributed by atoms with Gasteiger partial charge in [-0.05, 0) is 13.8 Å². The lowest BCUT2D eigenvalue weighted by Crippen LogP contribution is -2.45. The normalized spacial score (nSPS) is 23.9. The number of nitrogens with zero attached hydrogens (tertiary/aromatic N) is 3. The molecular formula is C12H22N4S. The molecular weight excluding hydrogens is 232 g/mol. The van der Waals surface area contributed by atoms with Crippen LogP contribution >= 0.6 is 11.8 Å². The van der Waals surface area contributed by atoms with E-state index in [-0.39, 0.29) is 0 Å². The highest BCUT2D eigenvalue weighted by Crippen LogP contribution is 2.28. The number of rotatable bonds is 3. The summed E-state index contributed by atoms with van der Waals surface area (Å²) in [6.45, 7) is 6.21. The van der Waals surface area contributed by atoms with Gasteiger partial charge < -0.3 is 5.73 Å². The molecule has 17 heavy (non-hydrogen) atoms. The van der Waals surface area contributed by atoms with E-state index in [9.17, 15) is 0 Å². The van der Waals surface area contributed by atoms with Gasteiger partial charge in [0.05, 0.1) is 12.2 Å². The summed E-state index contributed by atoms with van der Waals surface area (Å²) in [5.41, 5.74) is 8.50. The first-order valence-electron chi connectivity index (χ1n) is 6.17. The van der Waals surface area contributed by atoms with Gasteiger partial charge in [0.15, 0.2) is 0 Å². The van der Waals surface area contributed by atoms with Gasteiger partial charge in [0, 0.05) is 48.9 Å². The van der Waals surface area contributed by atoms with E-state index in [2.05, 4.69) is 23.8 Å². The van der Waals surface area contributed by atoms with E-state index in [1.54, 1.807) is 0 Å². The lowest BCUT2D eigenvalue weighted by Gasteiger charge is -2.38. The summed E-state index contributed by atoms with van der Waals surface area (Å²) in [5.74, 6) is 2.41. The van der Waals surface area contributed by atoms with Gasteiger partial charge in [0.25, 0.3) is 0 Å². The minimum absolute atomic E-state index is 0.319. The topological polar surface area (TPSA) is 47.1 Å². The maximum Gasteiger partial charge on any atom is 0.0540 e. The van der Waals surface area contributed by atoms with Crippen molar-refractivity contribution in [1.29, 1.82) is 0 Å². The molecule has 0 bridgehead atoms. The minimum Gasteiger partial charge on any atom is -0.329 e. The number of thioether (sulfide) groups is 1. The van der Waals surface area contributed by atoms with Gasteiger partial charge in [0.2, 0.25) is 0 Å². The highest BCUT2D eigenvalue weighted by atomic mass is 32.2. The van der Waals surface area contributed by atoms with Gasteiger partial charge >= 0.3 is 0 Å². The minimum atomic E-state index is 0.319. The second-order valence-electron chi connectivity index (χ2n) is 4.72. The molecule has 0 saturated carbocycles. The molecule has 2 N–H and O–H groups in total. The zero-order valence-corrected chi connectivity index (χ0v) is 11.7. The molecule has 2 heterocycles. The first kappa shape index (κ1) is 12.9. The first-order chi connectivity index (χ1) is 8.15. The van der Waals surface area contributed by atoms with Crippen LogP contribution < -0.4 is 5.73 Å². The summed E-state index contributed by atoms with van der Waals surface area (Å²) < 4.78 is 1.93. The van der Waals surface area contributed by atoms with Crippen molar-refractivity contribution >= 4 is 11.8 Å². The van der Waals surface area contributed by atoms with Gasteiger partial charge in [-0.1, -0.05) is 0 Å². The Morgan fingerprint density at radius 1 is 1.65 bits per heavy atom. The molecule has 1 aliphatic heterocycles. The molecule has 2 atom stereocenters. The summed E-state index contributed by atoms with van der Waals surface area (Å²) in [6, 6.07) is 0.918. The highest BCUT2D eigenvalue weighted by molar-refractivity contribution is 7.99. The predicted molar refractivity (Wildman–Crippen MR) is 73.2 cm³/mol. The fourth-order valence-corrected chi connectivity index (χ4v) is 3.53. The van der Waals surface area contributed by atoms with Crippen LogP contribution in [0.15, 0.2) is 6.20 Å². The van der Waals surface area contributed by atoms with Crippen molar-refractivity contribution < 1.29 is 0 Å². The Morgan fingerprint density at radius 2 is 2.41 bits per heavy atom. The Morgan fingerprint density at radius 3 is 2.94 bits per heavy atom. The van der Waals surface area contributed by atoms with Crippen molar-refractivity contribution in [2.24, 2.45) is 12.8 Å². The molecule has 4 nitrogen and oxygen atoms in total. The third-order valence-electron chi connectivity index (χ3n) is 3.67. The van der Waals surface area contributed by atoms with E-state index in [0.717, 1.165) is 6.54 Å². The molecule has 0 aliphatic carbocycles. The predicted octanol–water partition coefficient (Wildman–Crippen LogP) is 1.17. The van der Waals surface area contributed by atoms with Crippen molar-refractivity contribution in [2.75, 3.05) is 24.6 Å². The van der Waals surface area contributed by atoms with Crippen LogP contribution in [0.4, 0.5) is 0 Å². The largest absolute Gasteiger partial charge is 0.329 e. The monoisotopic (exact) mass is 254 g/mol. The van der Waals surface area contributed by atoms with E-state index in [1.165, 1.54) is 22.8 Å². The first-order valence-corrected chi connectivity index (χ1v) is 7.32. The van der Waals surface area contributed by atoms with Crippen LogP contribution in [0.25, 0.3) is 0 Å². The van der Waals surface area contributed by atoms with Crippen LogP contribution in [0.5, 0.6) is 0 Å². The number of aromatic nitrogens is 2.